The summed E-state index contributed by atoms with van der Waals surface area (Å²) < 4.78 is 3.36. The molecular formula is C16H28BrN3. The van der Waals surface area contributed by atoms with Crippen molar-refractivity contribution in [1.29, 1.82) is 0 Å². The summed E-state index contributed by atoms with van der Waals surface area (Å²) in [4.78, 5) is 0. The predicted molar refractivity (Wildman–Crippen MR) is 88.1 cm³/mol. The topological polar surface area (TPSA) is 29.9 Å². The lowest BCUT2D eigenvalue weighted by molar-refractivity contribution is 0.221. The van der Waals surface area contributed by atoms with Crippen molar-refractivity contribution < 1.29 is 0 Å². The number of nitrogens with zero attached hydrogens (tertiary/aromatic N) is 2. The molecule has 1 fully saturated rings. The second-order valence-corrected chi connectivity index (χ2v) is 7.18. The molecule has 1 saturated heterocycles. The van der Waals surface area contributed by atoms with Crippen LogP contribution in [0.4, 0.5) is 0 Å². The van der Waals surface area contributed by atoms with E-state index in [0.29, 0.717) is 5.92 Å². The van der Waals surface area contributed by atoms with Crippen molar-refractivity contribution >= 4 is 15.9 Å². The standard InChI is InChI=1S/C16H28BrN3/c1-5-20-14(15(17)13(4)19-20)11-16(12(2)3)9-7-6-8-10-18-16/h12,18H,5-11H2,1-4H3. The van der Waals surface area contributed by atoms with Gasteiger partial charge in [-0.15, -0.1) is 0 Å². The lowest BCUT2D eigenvalue weighted by atomic mass is 9.78. The zero-order valence-electron chi connectivity index (χ0n) is 13.3. The van der Waals surface area contributed by atoms with E-state index in [9.17, 15) is 0 Å². The number of halogens is 1. The SMILES string of the molecule is CCn1nc(C)c(Br)c1CC1(C(C)C)CCCCCN1. The van der Waals surface area contributed by atoms with E-state index in [-0.39, 0.29) is 5.54 Å². The van der Waals surface area contributed by atoms with Crippen molar-refractivity contribution in [1.82, 2.24) is 15.1 Å². The zero-order valence-corrected chi connectivity index (χ0v) is 14.9. The molecule has 1 unspecified atom stereocenters. The van der Waals surface area contributed by atoms with Crippen molar-refractivity contribution in [2.75, 3.05) is 6.54 Å². The average molecular weight is 342 g/mol. The van der Waals surface area contributed by atoms with Crippen LogP contribution in [0, 0.1) is 12.8 Å². The first-order valence-corrected chi connectivity index (χ1v) is 8.76. The van der Waals surface area contributed by atoms with E-state index < -0.39 is 0 Å². The highest BCUT2D eigenvalue weighted by Crippen LogP contribution is 2.33. The van der Waals surface area contributed by atoms with Gasteiger partial charge in [0.1, 0.15) is 0 Å². The molecule has 2 heterocycles. The van der Waals surface area contributed by atoms with Crippen LogP contribution < -0.4 is 5.32 Å². The first-order valence-electron chi connectivity index (χ1n) is 7.97. The summed E-state index contributed by atoms with van der Waals surface area (Å²) in [6, 6.07) is 0. The minimum Gasteiger partial charge on any atom is -0.311 e. The number of rotatable bonds is 4. The van der Waals surface area contributed by atoms with Crippen molar-refractivity contribution in [3.8, 4) is 0 Å². The van der Waals surface area contributed by atoms with Crippen molar-refractivity contribution in [2.24, 2.45) is 5.92 Å². The molecule has 0 saturated carbocycles. The quantitative estimate of drug-likeness (QED) is 0.894. The minimum absolute atomic E-state index is 0.221. The number of aryl methyl sites for hydroxylation is 2. The molecule has 0 aliphatic carbocycles. The van der Waals surface area contributed by atoms with Crippen LogP contribution >= 0.6 is 15.9 Å². The Morgan fingerprint density at radius 3 is 2.75 bits per heavy atom. The Morgan fingerprint density at radius 2 is 2.10 bits per heavy atom. The van der Waals surface area contributed by atoms with Gasteiger partial charge in [0.25, 0.3) is 0 Å². The molecule has 4 heteroatoms. The third kappa shape index (κ3) is 3.11. The molecule has 114 valence electrons. The fourth-order valence-electron chi connectivity index (χ4n) is 3.35. The van der Waals surface area contributed by atoms with Gasteiger partial charge >= 0.3 is 0 Å². The van der Waals surface area contributed by atoms with E-state index in [1.165, 1.54) is 35.8 Å². The molecule has 0 amide bonds. The number of aromatic nitrogens is 2. The lowest BCUT2D eigenvalue weighted by Crippen LogP contribution is -2.51. The van der Waals surface area contributed by atoms with Gasteiger partial charge in [0.15, 0.2) is 0 Å². The van der Waals surface area contributed by atoms with Gasteiger partial charge < -0.3 is 5.32 Å². The second kappa shape index (κ2) is 6.61. The molecule has 1 aromatic rings. The highest BCUT2D eigenvalue weighted by Gasteiger charge is 2.36. The number of hydrogen-bond acceptors (Lipinski definition) is 2. The Balaban J connectivity index is 2.32. The Labute approximate surface area is 131 Å². The molecule has 0 spiro atoms. The van der Waals surface area contributed by atoms with Gasteiger partial charge in [0.05, 0.1) is 15.9 Å². The minimum atomic E-state index is 0.221. The van der Waals surface area contributed by atoms with Gasteiger partial charge in [-0.3, -0.25) is 4.68 Å². The molecule has 1 N–H and O–H groups in total. The molecule has 1 aliphatic heterocycles. The van der Waals surface area contributed by atoms with Crippen LogP contribution in [0.25, 0.3) is 0 Å². The maximum atomic E-state index is 4.65. The summed E-state index contributed by atoms with van der Waals surface area (Å²) in [6.07, 6.45) is 6.34. The summed E-state index contributed by atoms with van der Waals surface area (Å²) >= 11 is 3.75. The van der Waals surface area contributed by atoms with Gasteiger partial charge in [-0.25, -0.2) is 0 Å². The average Bonchev–Trinajstić information content (AvgIpc) is 2.62. The molecule has 2 rings (SSSR count). The van der Waals surface area contributed by atoms with Crippen LogP contribution in [-0.4, -0.2) is 21.9 Å². The molecule has 0 bridgehead atoms. The van der Waals surface area contributed by atoms with E-state index in [1.54, 1.807) is 0 Å². The molecule has 3 nitrogen and oxygen atoms in total. The van der Waals surface area contributed by atoms with Crippen LogP contribution in [0.3, 0.4) is 0 Å². The smallest absolute Gasteiger partial charge is 0.0738 e. The first-order chi connectivity index (χ1) is 9.50. The first kappa shape index (κ1) is 16.0. The van der Waals surface area contributed by atoms with E-state index in [0.717, 1.165) is 25.2 Å². The largest absolute Gasteiger partial charge is 0.311 e. The highest BCUT2D eigenvalue weighted by atomic mass is 79.9. The normalized spacial score (nSPS) is 24.1. The van der Waals surface area contributed by atoms with Gasteiger partial charge in [0, 0.05) is 18.5 Å². The molecule has 1 aromatic heterocycles. The number of nitrogens with one attached hydrogen (secondary N) is 1. The Hall–Kier alpha value is -0.350. The van der Waals surface area contributed by atoms with Gasteiger partial charge in [-0.05, 0) is 55.1 Å². The van der Waals surface area contributed by atoms with E-state index >= 15 is 0 Å². The summed E-state index contributed by atoms with van der Waals surface area (Å²) in [5, 5.41) is 8.52. The van der Waals surface area contributed by atoms with E-state index in [1.807, 2.05) is 0 Å². The highest BCUT2D eigenvalue weighted by molar-refractivity contribution is 9.10. The van der Waals surface area contributed by atoms with Crippen molar-refractivity contribution in [2.45, 2.75) is 71.9 Å². The van der Waals surface area contributed by atoms with Crippen LogP contribution in [0.5, 0.6) is 0 Å². The van der Waals surface area contributed by atoms with E-state index in [2.05, 4.69) is 58.7 Å². The van der Waals surface area contributed by atoms with Crippen LogP contribution in [-0.2, 0) is 13.0 Å². The van der Waals surface area contributed by atoms with E-state index in [4.69, 9.17) is 0 Å². The fourth-order valence-corrected chi connectivity index (χ4v) is 3.78. The maximum Gasteiger partial charge on any atom is 0.0738 e. The Morgan fingerprint density at radius 1 is 1.35 bits per heavy atom. The predicted octanol–water partition coefficient (Wildman–Crippen LogP) is 4.07. The van der Waals surface area contributed by atoms with Crippen LogP contribution in [0.2, 0.25) is 0 Å². The van der Waals surface area contributed by atoms with Gasteiger partial charge in [0.2, 0.25) is 0 Å². The summed E-state index contributed by atoms with van der Waals surface area (Å²) in [6.45, 7) is 11.1. The Kier molecular flexibility index (Phi) is 5.30. The molecule has 20 heavy (non-hydrogen) atoms. The van der Waals surface area contributed by atoms with Gasteiger partial charge in [-0.2, -0.15) is 5.10 Å². The van der Waals surface area contributed by atoms with Crippen molar-refractivity contribution in [3.05, 3.63) is 15.9 Å². The third-order valence-electron chi connectivity index (χ3n) is 4.82. The summed E-state index contributed by atoms with van der Waals surface area (Å²) in [5.74, 6) is 0.632. The zero-order chi connectivity index (χ0) is 14.8. The van der Waals surface area contributed by atoms with Crippen LogP contribution in [0.15, 0.2) is 4.47 Å². The van der Waals surface area contributed by atoms with Crippen LogP contribution in [0.1, 0.15) is 57.8 Å². The third-order valence-corrected chi connectivity index (χ3v) is 5.85. The Bertz CT molecular complexity index is 443. The summed E-state index contributed by atoms with van der Waals surface area (Å²) in [7, 11) is 0. The summed E-state index contributed by atoms with van der Waals surface area (Å²) in [5.41, 5.74) is 2.68. The monoisotopic (exact) mass is 341 g/mol. The van der Waals surface area contributed by atoms with Crippen molar-refractivity contribution in [3.63, 3.8) is 0 Å². The lowest BCUT2D eigenvalue weighted by Gasteiger charge is -2.38. The fraction of sp³-hybridized carbons (Fsp3) is 0.812. The molecule has 0 aromatic carbocycles. The second-order valence-electron chi connectivity index (χ2n) is 6.39. The number of hydrogen-bond donors (Lipinski definition) is 1. The maximum absolute atomic E-state index is 4.65. The molecule has 1 atom stereocenters. The van der Waals surface area contributed by atoms with Gasteiger partial charge in [-0.1, -0.05) is 26.7 Å². The molecule has 1 aliphatic rings. The molecule has 0 radical (unpaired) electrons. The molecular weight excluding hydrogens is 314 g/mol.